The lowest BCUT2D eigenvalue weighted by Gasteiger charge is -2.61. The molecule has 54 heavy (non-hydrogen) atoms. The normalized spacial score (nSPS) is 33.7. The maximum atomic E-state index is 4.34. The third-order valence-corrected chi connectivity index (χ3v) is 16.2. The summed E-state index contributed by atoms with van der Waals surface area (Å²) >= 11 is 0. The molecule has 0 heterocycles. The van der Waals surface area contributed by atoms with Crippen molar-refractivity contribution in [3.63, 3.8) is 0 Å². The van der Waals surface area contributed by atoms with Gasteiger partial charge in [0.15, 0.2) is 0 Å². The maximum Gasteiger partial charge on any atom is 0.100 e. The van der Waals surface area contributed by atoms with Crippen molar-refractivity contribution in [1.29, 1.82) is 0 Å². The monoisotopic (exact) mass is 739 g/mol. The maximum absolute atomic E-state index is 4.34. The van der Waals surface area contributed by atoms with Crippen LogP contribution in [-0.4, -0.2) is 0 Å². The summed E-state index contributed by atoms with van der Waals surface area (Å²) in [4.78, 5) is 0. The number of hydrogen-bond acceptors (Lipinski definition) is 0. The van der Waals surface area contributed by atoms with Gasteiger partial charge in [-0.1, -0.05) is 108 Å². The second-order valence-corrected chi connectivity index (χ2v) is 21.6. The molecule has 0 N–H and O–H groups in total. The summed E-state index contributed by atoms with van der Waals surface area (Å²) in [5.41, 5.74) is 9.48. The van der Waals surface area contributed by atoms with Crippen LogP contribution in [0.25, 0.3) is 0 Å². The van der Waals surface area contributed by atoms with Gasteiger partial charge in [-0.2, -0.15) is 0 Å². The van der Waals surface area contributed by atoms with Crippen LogP contribution in [0, 0.1) is 81.8 Å². The van der Waals surface area contributed by atoms with E-state index in [0.717, 1.165) is 60.8 Å². The Hall–Kier alpha value is -1.82. The first-order valence-electron chi connectivity index (χ1n) is 22.7. The van der Waals surface area contributed by atoms with E-state index in [1.807, 2.05) is 5.92 Å². The summed E-state index contributed by atoms with van der Waals surface area (Å²) in [6, 6.07) is 0. The molecule has 4 aliphatic carbocycles. The summed E-state index contributed by atoms with van der Waals surface area (Å²) in [7, 11) is 0. The molecule has 0 heteroatoms. The smallest absolute Gasteiger partial charge is 0.0999 e. The molecule has 0 aliphatic heterocycles. The molecule has 4 saturated carbocycles. The molecule has 12 unspecified atom stereocenters. The minimum absolute atomic E-state index is 0.488. The molecule has 4 rings (SSSR count). The summed E-state index contributed by atoms with van der Waals surface area (Å²) < 4.78 is 0. The standard InChI is InChI=1S/2C27H45/c1-8-9-20-10-22-12-24-13-23-11-21(18(2)3)15-26(23,6)17-27(24,7)16-25(22,5)14-19(20)4;1-12-13-24(20(4)5)16-26(22(8)9)18-27(23(10)11)17-25(21(6)7)15-14-19(2)3/h20-24H,2,8-17H2,1,3-7H3;14,24-27H,2,4,6,8,10,12-13,15-18H2,1,3,5,7,9,11H3/q2*+1. The van der Waals surface area contributed by atoms with Gasteiger partial charge in [0, 0.05) is 30.8 Å². The number of rotatable bonds is 18. The van der Waals surface area contributed by atoms with E-state index in [0.29, 0.717) is 39.9 Å². The van der Waals surface area contributed by atoms with Gasteiger partial charge in [0.05, 0.1) is 24.8 Å². The lowest BCUT2D eigenvalue weighted by atomic mass is 9.42. The Labute approximate surface area is 339 Å². The molecule has 0 aromatic heterocycles. The lowest BCUT2D eigenvalue weighted by molar-refractivity contribution is -0.115. The highest BCUT2D eigenvalue weighted by molar-refractivity contribution is 5.16. The van der Waals surface area contributed by atoms with Gasteiger partial charge in [0.1, 0.15) is 5.92 Å². The van der Waals surface area contributed by atoms with Crippen LogP contribution in [0.2, 0.25) is 0 Å². The first-order chi connectivity index (χ1) is 25.1. The molecule has 12 atom stereocenters. The Morgan fingerprint density at radius 3 is 1.59 bits per heavy atom. The molecule has 0 spiro atoms. The van der Waals surface area contributed by atoms with E-state index in [-0.39, 0.29) is 0 Å². The largest absolute Gasteiger partial charge is 0.100 e. The van der Waals surface area contributed by atoms with Crippen LogP contribution in [0.5, 0.6) is 0 Å². The van der Waals surface area contributed by atoms with E-state index < -0.39 is 0 Å². The highest BCUT2D eigenvalue weighted by atomic mass is 14.6. The topological polar surface area (TPSA) is 0 Å². The van der Waals surface area contributed by atoms with Gasteiger partial charge in [-0.15, -0.1) is 0 Å². The van der Waals surface area contributed by atoms with Crippen molar-refractivity contribution in [2.45, 2.75) is 186 Å². The van der Waals surface area contributed by atoms with E-state index in [9.17, 15) is 0 Å². The molecule has 0 radical (unpaired) electrons. The van der Waals surface area contributed by atoms with Crippen LogP contribution in [0.15, 0.2) is 72.9 Å². The molecule has 0 amide bonds. The first-order valence-corrected chi connectivity index (χ1v) is 22.7. The van der Waals surface area contributed by atoms with Crippen LogP contribution >= 0.6 is 0 Å². The van der Waals surface area contributed by atoms with Crippen molar-refractivity contribution in [2.75, 3.05) is 0 Å². The average molecular weight is 739 g/mol. The van der Waals surface area contributed by atoms with E-state index >= 15 is 0 Å². The van der Waals surface area contributed by atoms with Crippen LogP contribution in [-0.2, 0) is 0 Å². The second kappa shape index (κ2) is 19.6. The van der Waals surface area contributed by atoms with Crippen molar-refractivity contribution in [3.05, 3.63) is 85.3 Å². The Kier molecular flexibility index (Phi) is 16.9. The number of fused-ring (bicyclic) bond motifs is 3. The fraction of sp³-hybridized carbons (Fsp3) is 0.741. The van der Waals surface area contributed by atoms with E-state index in [4.69, 9.17) is 0 Å². The fourth-order valence-corrected chi connectivity index (χ4v) is 12.8. The van der Waals surface area contributed by atoms with Gasteiger partial charge in [0.25, 0.3) is 0 Å². The van der Waals surface area contributed by atoms with Crippen molar-refractivity contribution < 1.29 is 0 Å². The Morgan fingerprint density at radius 2 is 1.11 bits per heavy atom. The van der Waals surface area contributed by atoms with Crippen LogP contribution < -0.4 is 0 Å². The summed E-state index contributed by atoms with van der Waals surface area (Å²) in [5.74, 6) is 8.59. The quantitative estimate of drug-likeness (QED) is 0.0970. The molecule has 0 saturated heterocycles. The second-order valence-electron chi connectivity index (χ2n) is 21.6. The summed E-state index contributed by atoms with van der Waals surface area (Å²) in [6.45, 7) is 53.7. The molecule has 4 fully saturated rings. The molecule has 0 aromatic carbocycles. The first kappa shape index (κ1) is 46.6. The third-order valence-electron chi connectivity index (χ3n) is 16.2. The van der Waals surface area contributed by atoms with Crippen molar-refractivity contribution in [2.24, 2.45) is 69.5 Å². The van der Waals surface area contributed by atoms with Crippen molar-refractivity contribution >= 4 is 0 Å². The Morgan fingerprint density at radius 1 is 0.630 bits per heavy atom. The molecular weight excluding hydrogens is 649 g/mol. The number of allylic oxidation sites excluding steroid dienone is 6. The highest BCUT2D eigenvalue weighted by Gasteiger charge is 2.62. The predicted octanol–water partition coefficient (Wildman–Crippen LogP) is 17.1. The van der Waals surface area contributed by atoms with Crippen molar-refractivity contribution in [3.8, 4) is 0 Å². The van der Waals surface area contributed by atoms with Gasteiger partial charge >= 0.3 is 0 Å². The zero-order chi connectivity index (χ0) is 40.8. The minimum atomic E-state index is 0.488. The minimum Gasteiger partial charge on any atom is -0.0999 e. The van der Waals surface area contributed by atoms with Crippen LogP contribution in [0.3, 0.4) is 0 Å². The zero-order valence-corrected chi connectivity index (χ0v) is 38.3. The number of hydrogen-bond donors (Lipinski definition) is 0. The zero-order valence-electron chi connectivity index (χ0n) is 38.3. The van der Waals surface area contributed by atoms with E-state index in [1.54, 1.807) is 0 Å². The summed E-state index contributed by atoms with van der Waals surface area (Å²) in [6.07, 6.45) is 23.7. The third kappa shape index (κ3) is 11.9. The van der Waals surface area contributed by atoms with Gasteiger partial charge in [-0.25, -0.2) is 0 Å². The molecule has 0 nitrogen and oxygen atoms in total. The SMILES string of the molecule is C=C(C)C1CC2CC3CC4CC(CCC)[C+](C)CC4(C)CC3(C)CC2(C)C1.C=C(C)[CH+]CC(CC(CC(CC(CCC)C(=C)C)C(=C)C)C(=C)C)C(=C)C. The van der Waals surface area contributed by atoms with Gasteiger partial charge in [-0.3, -0.25) is 0 Å². The average Bonchev–Trinajstić information content (AvgIpc) is 3.38. The van der Waals surface area contributed by atoms with Gasteiger partial charge in [-0.05, 0) is 171 Å². The van der Waals surface area contributed by atoms with Crippen molar-refractivity contribution in [1.82, 2.24) is 0 Å². The lowest BCUT2D eigenvalue weighted by Crippen LogP contribution is -2.53. The Bertz CT molecular complexity index is 1320. The van der Waals surface area contributed by atoms with E-state index in [1.165, 1.54) is 105 Å². The highest BCUT2D eigenvalue weighted by Crippen LogP contribution is 2.70. The summed E-state index contributed by atoms with van der Waals surface area (Å²) in [5, 5.41) is 0. The molecule has 0 aromatic rings. The van der Waals surface area contributed by atoms with Gasteiger partial charge in [0.2, 0.25) is 0 Å². The van der Waals surface area contributed by atoms with Crippen LogP contribution in [0.1, 0.15) is 186 Å². The van der Waals surface area contributed by atoms with E-state index in [2.05, 4.69) is 129 Å². The molecule has 4 aliphatic rings. The Balaban J connectivity index is 0.000000290. The molecular formula is C54H90+2. The molecule has 0 bridgehead atoms. The predicted molar refractivity (Wildman–Crippen MR) is 243 cm³/mol. The van der Waals surface area contributed by atoms with Gasteiger partial charge < -0.3 is 0 Å². The van der Waals surface area contributed by atoms with Crippen LogP contribution in [0.4, 0.5) is 0 Å². The molecule has 304 valence electrons. The fourth-order valence-electron chi connectivity index (χ4n) is 12.8.